The molecule has 1 aromatic rings. The summed E-state index contributed by atoms with van der Waals surface area (Å²) < 4.78 is 1.64. The third kappa shape index (κ3) is 2.47. The third-order valence-corrected chi connectivity index (χ3v) is 3.84. The molecule has 0 aliphatic carbocycles. The average Bonchev–Trinajstić information content (AvgIpc) is 2.89. The minimum Gasteiger partial charge on any atom is -0.312 e. The Kier molecular flexibility index (Phi) is 3.43. The van der Waals surface area contributed by atoms with Crippen LogP contribution in [0.2, 0.25) is 0 Å². The molecule has 1 N–H and O–H groups in total. The van der Waals surface area contributed by atoms with Gasteiger partial charge >= 0.3 is 0 Å². The van der Waals surface area contributed by atoms with E-state index in [-0.39, 0.29) is 5.56 Å². The lowest BCUT2D eigenvalue weighted by atomic mass is 10.1. The van der Waals surface area contributed by atoms with Crippen LogP contribution < -0.4 is 10.9 Å². The fourth-order valence-electron chi connectivity index (χ4n) is 2.76. The maximum absolute atomic E-state index is 12.0. The number of hydrogen-bond donors (Lipinski definition) is 1. The average molecular weight is 248 g/mol. The van der Waals surface area contributed by atoms with Gasteiger partial charge in [-0.1, -0.05) is 0 Å². The highest BCUT2D eigenvalue weighted by Crippen LogP contribution is 2.09. The molecule has 1 saturated heterocycles. The molecule has 0 unspecified atom stereocenters. The van der Waals surface area contributed by atoms with Crippen molar-refractivity contribution in [2.24, 2.45) is 0 Å². The number of nitrogens with zero attached hydrogens (tertiary/aromatic N) is 3. The molecule has 1 aromatic heterocycles. The van der Waals surface area contributed by atoms with E-state index in [1.807, 2.05) is 0 Å². The quantitative estimate of drug-likeness (QED) is 0.817. The largest absolute Gasteiger partial charge is 0.312 e. The van der Waals surface area contributed by atoms with Crippen molar-refractivity contribution in [3.8, 4) is 0 Å². The Morgan fingerprint density at radius 1 is 1.28 bits per heavy atom. The maximum Gasteiger partial charge on any atom is 0.267 e. The first kappa shape index (κ1) is 11.9. The van der Waals surface area contributed by atoms with Gasteiger partial charge in [0.25, 0.3) is 5.56 Å². The second kappa shape index (κ2) is 5.20. The number of likely N-dealkylation sites (tertiary alicyclic amines) is 1. The van der Waals surface area contributed by atoms with Crippen LogP contribution in [0.4, 0.5) is 0 Å². The molecule has 98 valence electrons. The zero-order valence-electron chi connectivity index (χ0n) is 10.7. The molecular weight excluding hydrogens is 228 g/mol. The first-order valence-corrected chi connectivity index (χ1v) is 6.86. The monoisotopic (exact) mass is 248 g/mol. The normalized spacial score (nSPS) is 20.0. The maximum atomic E-state index is 12.0. The fourth-order valence-corrected chi connectivity index (χ4v) is 2.76. The molecule has 3 rings (SSSR count). The summed E-state index contributed by atoms with van der Waals surface area (Å²) in [5.74, 6) is 0. The van der Waals surface area contributed by atoms with Crippen LogP contribution in [0.3, 0.4) is 0 Å². The van der Waals surface area contributed by atoms with Gasteiger partial charge in [-0.3, -0.25) is 4.79 Å². The van der Waals surface area contributed by atoms with Crippen LogP contribution in [-0.2, 0) is 19.5 Å². The predicted molar refractivity (Wildman–Crippen MR) is 69.6 cm³/mol. The molecule has 0 saturated carbocycles. The third-order valence-electron chi connectivity index (χ3n) is 3.84. The van der Waals surface area contributed by atoms with E-state index in [1.165, 1.54) is 25.9 Å². The van der Waals surface area contributed by atoms with Crippen molar-refractivity contribution in [1.82, 2.24) is 20.0 Å². The second-order valence-electron chi connectivity index (χ2n) is 5.15. The van der Waals surface area contributed by atoms with Gasteiger partial charge in [-0.2, -0.15) is 5.10 Å². The molecule has 0 amide bonds. The van der Waals surface area contributed by atoms with Crippen LogP contribution in [0.25, 0.3) is 0 Å². The summed E-state index contributed by atoms with van der Waals surface area (Å²) in [6.07, 6.45) is 3.51. The molecule has 3 heterocycles. The molecule has 0 aromatic carbocycles. The molecule has 2 aliphatic rings. The van der Waals surface area contributed by atoms with E-state index in [0.717, 1.165) is 43.9 Å². The highest BCUT2D eigenvalue weighted by Gasteiger charge is 2.14. The molecule has 0 spiro atoms. The molecule has 0 bridgehead atoms. The number of aromatic nitrogens is 2. The highest BCUT2D eigenvalue weighted by atomic mass is 16.1. The molecule has 1 fully saturated rings. The molecule has 5 heteroatoms. The summed E-state index contributed by atoms with van der Waals surface area (Å²) in [4.78, 5) is 14.4. The van der Waals surface area contributed by atoms with E-state index in [0.29, 0.717) is 0 Å². The van der Waals surface area contributed by atoms with Crippen molar-refractivity contribution in [2.45, 2.75) is 32.4 Å². The molecule has 0 atom stereocenters. The SMILES string of the molecule is O=c1cc2c(nn1CCN1CCCC1)CCNC2. The van der Waals surface area contributed by atoms with Gasteiger partial charge in [0, 0.05) is 32.1 Å². The smallest absolute Gasteiger partial charge is 0.267 e. The lowest BCUT2D eigenvalue weighted by molar-refractivity contribution is 0.311. The minimum atomic E-state index is 0.0386. The summed E-state index contributed by atoms with van der Waals surface area (Å²) >= 11 is 0. The summed E-state index contributed by atoms with van der Waals surface area (Å²) in [5, 5.41) is 7.78. The Hall–Kier alpha value is -1.20. The van der Waals surface area contributed by atoms with Crippen LogP contribution in [0.1, 0.15) is 24.1 Å². The van der Waals surface area contributed by atoms with Crippen molar-refractivity contribution in [3.63, 3.8) is 0 Å². The molecule has 5 nitrogen and oxygen atoms in total. The summed E-state index contributed by atoms with van der Waals surface area (Å²) in [6.45, 7) is 5.76. The van der Waals surface area contributed by atoms with Crippen molar-refractivity contribution < 1.29 is 0 Å². The van der Waals surface area contributed by atoms with E-state index >= 15 is 0 Å². The predicted octanol–water partition coefficient (Wildman–Crippen LogP) is -0.0152. The first-order valence-electron chi connectivity index (χ1n) is 6.86. The van der Waals surface area contributed by atoms with Crippen LogP contribution in [-0.4, -0.2) is 40.9 Å². The van der Waals surface area contributed by atoms with Gasteiger partial charge in [0.1, 0.15) is 0 Å². The van der Waals surface area contributed by atoms with Crippen molar-refractivity contribution in [1.29, 1.82) is 0 Å². The van der Waals surface area contributed by atoms with Crippen molar-refractivity contribution in [2.75, 3.05) is 26.2 Å². The van der Waals surface area contributed by atoms with Gasteiger partial charge in [-0.15, -0.1) is 0 Å². The molecule has 0 radical (unpaired) electrons. The Labute approximate surface area is 107 Å². The lowest BCUT2D eigenvalue weighted by Gasteiger charge is -2.18. The summed E-state index contributed by atoms with van der Waals surface area (Å²) in [5.41, 5.74) is 2.20. The van der Waals surface area contributed by atoms with E-state index in [9.17, 15) is 4.79 Å². The number of fused-ring (bicyclic) bond motifs is 1. The van der Waals surface area contributed by atoms with Gasteiger partial charge in [-0.05, 0) is 31.5 Å². The fraction of sp³-hybridized carbons (Fsp3) is 0.692. The second-order valence-corrected chi connectivity index (χ2v) is 5.15. The van der Waals surface area contributed by atoms with Gasteiger partial charge in [0.2, 0.25) is 0 Å². The Balaban J connectivity index is 1.72. The van der Waals surface area contributed by atoms with Gasteiger partial charge in [0.05, 0.1) is 12.2 Å². The van der Waals surface area contributed by atoms with Crippen LogP contribution >= 0.6 is 0 Å². The number of nitrogens with one attached hydrogen (secondary N) is 1. The van der Waals surface area contributed by atoms with E-state index in [4.69, 9.17) is 0 Å². The lowest BCUT2D eigenvalue weighted by Crippen LogP contribution is -2.34. The highest BCUT2D eigenvalue weighted by molar-refractivity contribution is 5.20. The molecule has 2 aliphatic heterocycles. The van der Waals surface area contributed by atoms with Crippen LogP contribution in [0.5, 0.6) is 0 Å². The summed E-state index contributed by atoms with van der Waals surface area (Å²) in [7, 11) is 0. The zero-order valence-corrected chi connectivity index (χ0v) is 10.7. The molecular formula is C13H20N4O. The zero-order chi connectivity index (χ0) is 12.4. The minimum absolute atomic E-state index is 0.0386. The Morgan fingerprint density at radius 3 is 2.94 bits per heavy atom. The summed E-state index contributed by atoms with van der Waals surface area (Å²) in [6, 6.07) is 1.75. The molecule has 18 heavy (non-hydrogen) atoms. The number of hydrogen-bond acceptors (Lipinski definition) is 4. The Morgan fingerprint density at radius 2 is 2.11 bits per heavy atom. The first-order chi connectivity index (χ1) is 8.83. The standard InChI is InChI=1S/C13H20N4O/c18-13-9-11-10-14-4-3-12(11)15-17(13)8-7-16-5-1-2-6-16/h9,14H,1-8,10H2. The van der Waals surface area contributed by atoms with E-state index in [1.54, 1.807) is 10.7 Å². The van der Waals surface area contributed by atoms with E-state index in [2.05, 4.69) is 15.3 Å². The van der Waals surface area contributed by atoms with Crippen molar-refractivity contribution >= 4 is 0 Å². The van der Waals surface area contributed by atoms with Crippen LogP contribution in [0, 0.1) is 0 Å². The topological polar surface area (TPSA) is 50.2 Å². The van der Waals surface area contributed by atoms with Gasteiger partial charge < -0.3 is 10.2 Å². The van der Waals surface area contributed by atoms with E-state index < -0.39 is 0 Å². The van der Waals surface area contributed by atoms with Gasteiger partial charge in [0.15, 0.2) is 0 Å². The Bertz CT molecular complexity index is 476. The van der Waals surface area contributed by atoms with Crippen LogP contribution in [0.15, 0.2) is 10.9 Å². The van der Waals surface area contributed by atoms with Crippen molar-refractivity contribution in [3.05, 3.63) is 27.7 Å². The number of rotatable bonds is 3. The van der Waals surface area contributed by atoms with Gasteiger partial charge in [-0.25, -0.2) is 4.68 Å².